The molecule has 0 aliphatic heterocycles. The molecule has 1 rings (SSSR count). The van der Waals surface area contributed by atoms with Crippen LogP contribution in [0.25, 0.3) is 0 Å². The molecule has 17 heavy (non-hydrogen) atoms. The van der Waals surface area contributed by atoms with Crippen LogP contribution >= 0.6 is 0 Å². The van der Waals surface area contributed by atoms with Gasteiger partial charge in [0.15, 0.2) is 5.75 Å². The summed E-state index contributed by atoms with van der Waals surface area (Å²) in [7, 11) is 0. The lowest BCUT2D eigenvalue weighted by molar-refractivity contribution is -0.274. The number of carbonyl (C=O) groups is 1. The van der Waals surface area contributed by atoms with Gasteiger partial charge < -0.3 is 15.2 Å². The van der Waals surface area contributed by atoms with Gasteiger partial charge in [0, 0.05) is 6.54 Å². The van der Waals surface area contributed by atoms with Crippen molar-refractivity contribution < 1.29 is 27.8 Å². The van der Waals surface area contributed by atoms with Gasteiger partial charge in [-0.1, -0.05) is 12.1 Å². The maximum atomic E-state index is 12.0. The van der Waals surface area contributed by atoms with Gasteiger partial charge >= 0.3 is 12.3 Å². The normalized spacial score (nSPS) is 11.0. The molecule has 1 aromatic rings. The van der Waals surface area contributed by atoms with Gasteiger partial charge in [0.05, 0.1) is 12.1 Å². The number of nitrogens with one attached hydrogen (secondary N) is 1. The Balaban J connectivity index is 2.67. The molecule has 0 aliphatic carbocycles. The predicted octanol–water partition coefficient (Wildman–Crippen LogP) is 2.47. The molecule has 0 aliphatic rings. The van der Waals surface area contributed by atoms with Crippen LogP contribution < -0.4 is 10.1 Å². The molecule has 0 saturated carbocycles. The summed E-state index contributed by atoms with van der Waals surface area (Å²) in [4.78, 5) is 10.3. The van der Waals surface area contributed by atoms with Crippen LogP contribution in [0.1, 0.15) is 6.42 Å². The van der Waals surface area contributed by atoms with Gasteiger partial charge in [-0.25, -0.2) is 0 Å². The van der Waals surface area contributed by atoms with Crippen LogP contribution in [0.15, 0.2) is 24.3 Å². The molecule has 0 radical (unpaired) electrons. The molecule has 0 aromatic heterocycles. The number of halogens is 3. The second-order valence-corrected chi connectivity index (χ2v) is 3.11. The summed E-state index contributed by atoms with van der Waals surface area (Å²) >= 11 is 0. The highest BCUT2D eigenvalue weighted by atomic mass is 19.4. The molecule has 0 amide bonds. The number of hydrogen-bond donors (Lipinski definition) is 2. The minimum Gasteiger partial charge on any atom is -0.481 e. The van der Waals surface area contributed by atoms with Gasteiger partial charge in [0.2, 0.25) is 0 Å². The lowest BCUT2D eigenvalue weighted by Gasteiger charge is -2.13. The van der Waals surface area contributed by atoms with Crippen LogP contribution in [0, 0.1) is 0 Å². The third-order valence-corrected chi connectivity index (χ3v) is 1.77. The quantitative estimate of drug-likeness (QED) is 0.841. The largest absolute Gasteiger partial charge is 0.573 e. The van der Waals surface area contributed by atoms with E-state index in [4.69, 9.17) is 5.11 Å². The van der Waals surface area contributed by atoms with Crippen molar-refractivity contribution >= 4 is 11.7 Å². The fourth-order valence-corrected chi connectivity index (χ4v) is 1.13. The van der Waals surface area contributed by atoms with Crippen molar-refractivity contribution in [2.24, 2.45) is 0 Å². The maximum absolute atomic E-state index is 12.0. The van der Waals surface area contributed by atoms with Gasteiger partial charge in [-0.05, 0) is 12.1 Å². The van der Waals surface area contributed by atoms with Gasteiger partial charge in [-0.15, -0.1) is 13.2 Å². The van der Waals surface area contributed by atoms with Gasteiger partial charge in [-0.3, -0.25) is 4.79 Å². The summed E-state index contributed by atoms with van der Waals surface area (Å²) in [5.74, 6) is -1.42. The number of rotatable bonds is 5. The van der Waals surface area contributed by atoms with E-state index >= 15 is 0 Å². The molecule has 0 atom stereocenters. The Morgan fingerprint density at radius 3 is 2.59 bits per heavy atom. The Hall–Kier alpha value is -1.92. The number of hydrogen-bond acceptors (Lipinski definition) is 3. The first-order valence-electron chi connectivity index (χ1n) is 4.69. The molecular weight excluding hydrogens is 239 g/mol. The van der Waals surface area contributed by atoms with Crippen molar-refractivity contribution in [3.63, 3.8) is 0 Å². The summed E-state index contributed by atoms with van der Waals surface area (Å²) in [5, 5.41) is 11.0. The third kappa shape index (κ3) is 5.10. The lowest BCUT2D eigenvalue weighted by Crippen LogP contribution is -2.18. The van der Waals surface area contributed by atoms with Crippen LogP contribution in [0.2, 0.25) is 0 Å². The Morgan fingerprint density at radius 1 is 1.35 bits per heavy atom. The summed E-state index contributed by atoms with van der Waals surface area (Å²) in [5.41, 5.74) is 0.103. The smallest absolute Gasteiger partial charge is 0.481 e. The zero-order valence-corrected chi connectivity index (χ0v) is 8.62. The molecule has 0 saturated heterocycles. The number of carboxylic acid groups (broad SMARTS) is 1. The van der Waals surface area contributed by atoms with E-state index in [1.54, 1.807) is 0 Å². The number of carboxylic acids is 1. The molecule has 0 fully saturated rings. The fraction of sp³-hybridized carbons (Fsp3) is 0.300. The Kier molecular flexibility index (Phi) is 4.19. The van der Waals surface area contributed by atoms with Crippen molar-refractivity contribution in [2.75, 3.05) is 11.9 Å². The molecule has 0 heterocycles. The van der Waals surface area contributed by atoms with Crippen molar-refractivity contribution in [1.29, 1.82) is 0 Å². The number of aliphatic carboxylic acids is 1. The molecule has 2 N–H and O–H groups in total. The fourth-order valence-electron chi connectivity index (χ4n) is 1.13. The third-order valence-electron chi connectivity index (χ3n) is 1.77. The maximum Gasteiger partial charge on any atom is 0.573 e. The second-order valence-electron chi connectivity index (χ2n) is 3.11. The van der Waals surface area contributed by atoms with E-state index in [2.05, 4.69) is 10.1 Å². The van der Waals surface area contributed by atoms with Crippen LogP contribution in [0.5, 0.6) is 5.75 Å². The molecule has 0 unspecified atom stereocenters. The van der Waals surface area contributed by atoms with Crippen molar-refractivity contribution in [2.45, 2.75) is 12.8 Å². The van der Waals surface area contributed by atoms with E-state index < -0.39 is 12.3 Å². The topological polar surface area (TPSA) is 58.6 Å². The van der Waals surface area contributed by atoms with Gasteiger partial charge in [0.1, 0.15) is 0 Å². The van der Waals surface area contributed by atoms with Crippen molar-refractivity contribution in [3.05, 3.63) is 24.3 Å². The number of anilines is 1. The Labute approximate surface area is 95.0 Å². The van der Waals surface area contributed by atoms with E-state index in [9.17, 15) is 18.0 Å². The van der Waals surface area contributed by atoms with E-state index in [1.165, 1.54) is 18.2 Å². The van der Waals surface area contributed by atoms with Crippen molar-refractivity contribution in [1.82, 2.24) is 0 Å². The van der Waals surface area contributed by atoms with E-state index in [1.807, 2.05) is 0 Å². The first-order chi connectivity index (χ1) is 7.88. The number of alkyl halides is 3. The highest BCUT2D eigenvalue weighted by Gasteiger charge is 2.31. The number of para-hydroxylation sites is 2. The van der Waals surface area contributed by atoms with Crippen LogP contribution in [-0.2, 0) is 4.79 Å². The Morgan fingerprint density at radius 2 is 2.00 bits per heavy atom. The second kappa shape index (κ2) is 5.42. The number of benzene rings is 1. The summed E-state index contributed by atoms with van der Waals surface area (Å²) in [6.07, 6.45) is -4.97. The zero-order chi connectivity index (χ0) is 12.9. The standard InChI is InChI=1S/C10H10F3NO3/c11-10(12,13)17-8-4-2-1-3-7(8)14-6-5-9(15)16/h1-4,14H,5-6H2,(H,15,16). The average molecular weight is 249 g/mol. The average Bonchev–Trinajstić information content (AvgIpc) is 2.17. The molecular formula is C10H10F3NO3. The molecule has 94 valence electrons. The van der Waals surface area contributed by atoms with E-state index in [-0.39, 0.29) is 24.4 Å². The zero-order valence-electron chi connectivity index (χ0n) is 8.62. The molecule has 0 bridgehead atoms. The van der Waals surface area contributed by atoms with E-state index in [0.717, 1.165) is 6.07 Å². The van der Waals surface area contributed by atoms with Crippen LogP contribution in [0.3, 0.4) is 0 Å². The minimum absolute atomic E-state index is 0.0214. The highest BCUT2D eigenvalue weighted by Crippen LogP contribution is 2.29. The summed E-state index contributed by atoms with van der Waals surface area (Å²) in [6, 6.07) is 5.44. The molecule has 1 aromatic carbocycles. The van der Waals surface area contributed by atoms with Crippen LogP contribution in [0.4, 0.5) is 18.9 Å². The Bertz CT molecular complexity index is 393. The van der Waals surface area contributed by atoms with Gasteiger partial charge in [0.25, 0.3) is 0 Å². The molecule has 4 nitrogen and oxygen atoms in total. The highest BCUT2D eigenvalue weighted by molar-refractivity contribution is 5.68. The predicted molar refractivity (Wildman–Crippen MR) is 53.9 cm³/mol. The SMILES string of the molecule is O=C(O)CCNc1ccccc1OC(F)(F)F. The summed E-state index contributed by atoms with van der Waals surface area (Å²) < 4.78 is 39.9. The molecule has 7 heteroatoms. The number of ether oxygens (including phenoxy) is 1. The first-order valence-corrected chi connectivity index (χ1v) is 4.69. The van der Waals surface area contributed by atoms with Gasteiger partial charge in [-0.2, -0.15) is 0 Å². The summed E-state index contributed by atoms with van der Waals surface area (Å²) in [6.45, 7) is 0.0214. The molecule has 0 spiro atoms. The van der Waals surface area contributed by atoms with Crippen molar-refractivity contribution in [3.8, 4) is 5.75 Å². The van der Waals surface area contributed by atoms with Crippen LogP contribution in [-0.4, -0.2) is 24.0 Å². The minimum atomic E-state index is -4.77. The monoisotopic (exact) mass is 249 g/mol. The first kappa shape index (κ1) is 13.1. The lowest BCUT2D eigenvalue weighted by atomic mass is 10.3. The van der Waals surface area contributed by atoms with E-state index in [0.29, 0.717) is 0 Å².